The zero-order chi connectivity index (χ0) is 46.0. The van der Waals surface area contributed by atoms with Gasteiger partial charge in [-0.1, -0.05) is 86.0 Å². The standard InChI is InChI=1S/C44H68N8O10SSi/c1-33(2)36(49-41(55)29-48-52-45)30-61-64(34-13-7-5-8-14-34,35-15-9-6-10-16-35)62-44(3,4)32-47-40(54)19-21-57-23-25-59-27-28-60-26-24-58-22-20-46-39(53)18-12-11-17-38-42-37(31-63-38)50-43(56)51-42/h5-10,13-16,33,36-38,42H,11-12,17-32H2,1-4H3,(H,46,53)(H,47,54)(H,49,55)(H2,50,51,56)/t36-,37+,38+,42+/m1/s1. The Bertz CT molecular complexity index is 1720. The zero-order valence-corrected chi connectivity index (χ0v) is 39.5. The maximum absolute atomic E-state index is 12.9. The molecule has 18 nitrogen and oxygen atoms in total. The Morgan fingerprint density at radius 3 is 2.03 bits per heavy atom. The van der Waals surface area contributed by atoms with Crippen LogP contribution in [0.4, 0.5) is 4.79 Å². The van der Waals surface area contributed by atoms with E-state index >= 15 is 0 Å². The van der Waals surface area contributed by atoms with E-state index in [0.29, 0.717) is 64.5 Å². The van der Waals surface area contributed by atoms with Crippen LogP contribution in [0.2, 0.25) is 0 Å². The summed E-state index contributed by atoms with van der Waals surface area (Å²) in [6.07, 6.45) is 3.40. The molecule has 4 atom stereocenters. The Morgan fingerprint density at radius 2 is 1.42 bits per heavy atom. The molecule has 5 amide bonds. The van der Waals surface area contributed by atoms with E-state index in [-0.39, 0.29) is 68.6 Å². The van der Waals surface area contributed by atoms with E-state index in [1.165, 1.54) is 0 Å². The Kier molecular flexibility index (Phi) is 23.4. The average Bonchev–Trinajstić information content (AvgIpc) is 3.85. The molecule has 2 aliphatic rings. The van der Waals surface area contributed by atoms with Crippen LogP contribution in [0.25, 0.3) is 10.4 Å². The molecule has 0 saturated carbocycles. The highest BCUT2D eigenvalue weighted by atomic mass is 32.2. The lowest BCUT2D eigenvalue weighted by molar-refractivity contribution is -0.123. The third kappa shape index (κ3) is 18.7. The molecule has 2 fully saturated rings. The summed E-state index contributed by atoms with van der Waals surface area (Å²) >= 11 is 1.89. The van der Waals surface area contributed by atoms with Crippen molar-refractivity contribution < 1.29 is 47.0 Å². The largest absolute Gasteiger partial charge is 0.407 e. The summed E-state index contributed by atoms with van der Waals surface area (Å²) in [4.78, 5) is 51.8. The van der Waals surface area contributed by atoms with Crippen molar-refractivity contribution in [3.05, 3.63) is 71.1 Å². The average molecular weight is 929 g/mol. The molecular formula is C44H68N8O10SSi. The van der Waals surface area contributed by atoms with E-state index in [4.69, 9.17) is 33.3 Å². The van der Waals surface area contributed by atoms with Crippen molar-refractivity contribution in [2.45, 2.75) is 88.8 Å². The van der Waals surface area contributed by atoms with Crippen molar-refractivity contribution in [3.63, 3.8) is 0 Å². The number of unbranched alkanes of at least 4 members (excludes halogenated alkanes) is 1. The van der Waals surface area contributed by atoms with Gasteiger partial charge in [0.1, 0.15) is 6.54 Å². The van der Waals surface area contributed by atoms with Gasteiger partial charge in [-0.05, 0) is 48.5 Å². The van der Waals surface area contributed by atoms with E-state index in [0.717, 1.165) is 35.4 Å². The van der Waals surface area contributed by atoms with Crippen molar-refractivity contribution in [2.24, 2.45) is 11.0 Å². The molecule has 0 radical (unpaired) electrons. The summed E-state index contributed by atoms with van der Waals surface area (Å²) in [5.74, 6) is 0.376. The van der Waals surface area contributed by atoms with E-state index in [1.807, 2.05) is 100 Å². The monoisotopic (exact) mass is 928 g/mol. The van der Waals surface area contributed by atoms with Crippen molar-refractivity contribution >= 4 is 54.4 Å². The summed E-state index contributed by atoms with van der Waals surface area (Å²) in [6, 6.07) is 19.4. The third-order valence-corrected chi connectivity index (χ3v) is 15.7. The van der Waals surface area contributed by atoms with Crippen molar-refractivity contribution in [1.82, 2.24) is 26.6 Å². The summed E-state index contributed by atoms with van der Waals surface area (Å²) < 4.78 is 36.2. The van der Waals surface area contributed by atoms with Crippen LogP contribution >= 0.6 is 11.8 Å². The summed E-state index contributed by atoms with van der Waals surface area (Å²) in [6.45, 7) is 11.2. The Balaban J connectivity index is 1.05. The number of nitrogens with one attached hydrogen (secondary N) is 5. The first-order chi connectivity index (χ1) is 30.9. The van der Waals surface area contributed by atoms with Crippen LogP contribution in [0, 0.1) is 5.92 Å². The quantitative estimate of drug-likeness (QED) is 0.0175. The van der Waals surface area contributed by atoms with E-state index in [1.54, 1.807) is 0 Å². The topological polar surface area (TPSA) is 233 Å². The summed E-state index contributed by atoms with van der Waals surface area (Å²) in [5.41, 5.74) is 7.80. The number of urea groups is 1. The van der Waals surface area contributed by atoms with Crippen LogP contribution < -0.4 is 37.0 Å². The molecule has 0 aliphatic carbocycles. The summed E-state index contributed by atoms with van der Waals surface area (Å²) in [7, 11) is -3.48. The van der Waals surface area contributed by atoms with Gasteiger partial charge in [-0.3, -0.25) is 14.4 Å². The Morgan fingerprint density at radius 1 is 0.828 bits per heavy atom. The van der Waals surface area contributed by atoms with Gasteiger partial charge in [0, 0.05) is 41.8 Å². The first kappa shape index (κ1) is 52.4. The van der Waals surface area contributed by atoms with E-state index in [9.17, 15) is 19.2 Å². The highest BCUT2D eigenvalue weighted by Gasteiger charge is 2.48. The molecule has 0 spiro atoms. The lowest BCUT2D eigenvalue weighted by Crippen LogP contribution is -2.68. The Hall–Kier alpha value is -4.24. The van der Waals surface area contributed by atoms with Crippen LogP contribution in [-0.4, -0.2) is 146 Å². The molecule has 0 bridgehead atoms. The van der Waals surface area contributed by atoms with Crippen molar-refractivity contribution in [2.75, 3.05) is 84.8 Å². The lowest BCUT2D eigenvalue weighted by atomic mass is 10.0. The number of thioether (sulfide) groups is 1. The minimum Gasteiger partial charge on any atom is -0.386 e. The van der Waals surface area contributed by atoms with Gasteiger partial charge in [-0.25, -0.2) is 4.79 Å². The van der Waals surface area contributed by atoms with Gasteiger partial charge in [0.25, 0.3) is 0 Å². The maximum atomic E-state index is 12.9. The van der Waals surface area contributed by atoms with Crippen LogP contribution in [0.15, 0.2) is 65.8 Å². The summed E-state index contributed by atoms with van der Waals surface area (Å²) in [5, 5.41) is 20.3. The first-order valence-corrected chi connectivity index (χ1v) is 25.1. The number of carbonyl (C=O) groups is 4. The van der Waals surface area contributed by atoms with Gasteiger partial charge in [-0.2, -0.15) is 11.8 Å². The predicted octanol–water partition coefficient (Wildman–Crippen LogP) is 2.92. The van der Waals surface area contributed by atoms with Crippen LogP contribution in [0.3, 0.4) is 0 Å². The minimum absolute atomic E-state index is 0.0000670. The van der Waals surface area contributed by atoms with Gasteiger partial charge in [-0.15, -0.1) is 0 Å². The van der Waals surface area contributed by atoms with Gasteiger partial charge >= 0.3 is 14.6 Å². The fourth-order valence-electron chi connectivity index (χ4n) is 7.13. The van der Waals surface area contributed by atoms with E-state index in [2.05, 4.69) is 36.6 Å². The molecule has 2 heterocycles. The zero-order valence-electron chi connectivity index (χ0n) is 37.7. The SMILES string of the molecule is CC(C)[C@@H](CO[Si](OC(C)(C)CNC(=O)CCOCCOCCOCCOCCNC(=O)CCCC[C@@H]1SC[C@@H]2NC(=O)N[C@@H]21)(c1ccccc1)c1ccccc1)NC(=O)CN=[N+]=[N-]. The molecule has 2 aromatic rings. The van der Waals surface area contributed by atoms with Gasteiger partial charge in [0.05, 0.1) is 83.2 Å². The number of fused-ring (bicyclic) bond motifs is 1. The Labute approximate surface area is 382 Å². The number of hydrogen-bond donors (Lipinski definition) is 5. The first-order valence-electron chi connectivity index (χ1n) is 22.2. The lowest BCUT2D eigenvalue weighted by Gasteiger charge is -2.40. The molecule has 64 heavy (non-hydrogen) atoms. The van der Waals surface area contributed by atoms with E-state index < -0.39 is 26.1 Å². The number of amides is 5. The van der Waals surface area contributed by atoms with Crippen molar-refractivity contribution in [1.29, 1.82) is 0 Å². The molecule has 0 unspecified atom stereocenters. The number of carbonyl (C=O) groups excluding carboxylic acids is 4. The van der Waals surface area contributed by atoms with Crippen LogP contribution in [0.1, 0.15) is 59.8 Å². The third-order valence-electron chi connectivity index (χ3n) is 10.6. The molecule has 5 N–H and O–H groups in total. The van der Waals surface area contributed by atoms with Crippen molar-refractivity contribution in [3.8, 4) is 0 Å². The fourth-order valence-corrected chi connectivity index (χ4v) is 12.2. The number of ether oxygens (including phenoxy) is 4. The molecule has 4 rings (SSSR count). The van der Waals surface area contributed by atoms with Gasteiger partial charge < -0.3 is 54.4 Å². The molecule has 2 saturated heterocycles. The number of azide groups is 1. The molecular weight excluding hydrogens is 861 g/mol. The number of benzene rings is 2. The second-order valence-electron chi connectivity index (χ2n) is 16.5. The smallest absolute Gasteiger partial charge is 0.386 e. The maximum Gasteiger partial charge on any atom is 0.407 e. The number of rotatable bonds is 33. The minimum atomic E-state index is -3.48. The number of nitrogens with zero attached hydrogens (tertiary/aromatic N) is 3. The molecule has 2 aromatic carbocycles. The second kappa shape index (κ2) is 28.6. The van der Waals surface area contributed by atoms with Gasteiger partial charge in [0.15, 0.2) is 0 Å². The van der Waals surface area contributed by atoms with Crippen LogP contribution in [0.5, 0.6) is 0 Å². The highest BCUT2D eigenvalue weighted by Crippen LogP contribution is 2.33. The molecule has 20 heteroatoms. The molecule has 2 aliphatic heterocycles. The fraction of sp³-hybridized carbons (Fsp3) is 0.636. The highest BCUT2D eigenvalue weighted by molar-refractivity contribution is 8.00. The van der Waals surface area contributed by atoms with Crippen LogP contribution in [-0.2, 0) is 42.2 Å². The second-order valence-corrected chi connectivity index (χ2v) is 20.7. The normalized spacial score (nSPS) is 17.5. The predicted molar refractivity (Wildman–Crippen MR) is 248 cm³/mol. The number of hydrogen-bond acceptors (Lipinski definition) is 12. The molecule has 0 aromatic heterocycles. The molecule has 354 valence electrons. The van der Waals surface area contributed by atoms with Gasteiger partial charge in [0.2, 0.25) is 17.7 Å².